The highest BCUT2D eigenvalue weighted by Gasteiger charge is 2.22. The molecule has 0 aromatic carbocycles. The Hall–Kier alpha value is -0.590. The van der Waals surface area contributed by atoms with Crippen LogP contribution in [0.25, 0.3) is 0 Å². The number of ketones is 1. The van der Waals surface area contributed by atoms with E-state index < -0.39 is 0 Å². The first kappa shape index (κ1) is 10.5. The summed E-state index contributed by atoms with van der Waals surface area (Å²) in [7, 11) is 0. The Balaban J connectivity index is 2.49. The third kappa shape index (κ3) is 3.33. The summed E-state index contributed by atoms with van der Waals surface area (Å²) >= 11 is 0. The predicted molar refractivity (Wildman–Crippen MR) is 55.6 cm³/mol. The summed E-state index contributed by atoms with van der Waals surface area (Å²) in [6.07, 6.45) is 7.82. The Morgan fingerprint density at radius 2 is 2.08 bits per heavy atom. The molecular weight excluding hydrogens is 160 g/mol. The number of hydrogen-bond donors (Lipinski definition) is 0. The molecule has 0 aromatic heterocycles. The van der Waals surface area contributed by atoms with Gasteiger partial charge in [0.1, 0.15) is 5.78 Å². The third-order valence-electron chi connectivity index (χ3n) is 2.61. The number of allylic oxidation sites excluding steroid dienone is 2. The predicted octanol–water partition coefficient (Wildman–Crippen LogP) is 3.49. The number of Topliss-reactive ketones (excluding diaryl/α,β-unsaturated/α-hetero) is 1. The van der Waals surface area contributed by atoms with Crippen LogP contribution in [0.5, 0.6) is 0 Å². The molecular formula is C12H20O. The van der Waals surface area contributed by atoms with Crippen LogP contribution in [0.4, 0.5) is 0 Å². The fourth-order valence-electron chi connectivity index (χ4n) is 1.54. The number of carbonyl (C=O) groups excluding carboxylic acids is 1. The molecule has 0 fully saturated rings. The first-order chi connectivity index (χ1) is 6.00. The molecule has 1 heteroatoms. The van der Waals surface area contributed by atoms with Crippen molar-refractivity contribution >= 4 is 5.78 Å². The van der Waals surface area contributed by atoms with Gasteiger partial charge >= 0.3 is 0 Å². The van der Waals surface area contributed by atoms with Crippen LogP contribution in [0.3, 0.4) is 0 Å². The Kier molecular flexibility index (Phi) is 3.29. The molecule has 0 radical (unpaired) electrons. The van der Waals surface area contributed by atoms with Crippen LogP contribution >= 0.6 is 0 Å². The SMILES string of the molecule is CC(C)(C)C(=O)CC1=CCCCC1. The second kappa shape index (κ2) is 4.08. The lowest BCUT2D eigenvalue weighted by Crippen LogP contribution is -2.20. The van der Waals surface area contributed by atoms with Crippen molar-refractivity contribution in [3.05, 3.63) is 11.6 Å². The van der Waals surface area contributed by atoms with E-state index >= 15 is 0 Å². The van der Waals surface area contributed by atoms with Gasteiger partial charge < -0.3 is 0 Å². The molecule has 74 valence electrons. The lowest BCUT2D eigenvalue weighted by Gasteiger charge is -2.19. The molecule has 0 unspecified atom stereocenters. The Bertz CT molecular complexity index is 218. The maximum Gasteiger partial charge on any atom is 0.142 e. The van der Waals surface area contributed by atoms with E-state index in [2.05, 4.69) is 6.08 Å². The van der Waals surface area contributed by atoms with Gasteiger partial charge in [-0.15, -0.1) is 0 Å². The maximum atomic E-state index is 11.7. The molecule has 0 atom stereocenters. The standard InChI is InChI=1S/C12H20O/c1-12(2,3)11(13)9-10-7-5-4-6-8-10/h7H,4-6,8-9H2,1-3H3. The monoisotopic (exact) mass is 180 g/mol. The summed E-state index contributed by atoms with van der Waals surface area (Å²) in [5.41, 5.74) is 1.20. The molecule has 0 bridgehead atoms. The van der Waals surface area contributed by atoms with Crippen molar-refractivity contribution in [1.29, 1.82) is 0 Å². The van der Waals surface area contributed by atoms with Gasteiger partial charge in [-0.1, -0.05) is 32.4 Å². The topological polar surface area (TPSA) is 17.1 Å². The van der Waals surface area contributed by atoms with Crippen molar-refractivity contribution in [2.75, 3.05) is 0 Å². The zero-order valence-corrected chi connectivity index (χ0v) is 9.02. The van der Waals surface area contributed by atoms with Crippen molar-refractivity contribution in [1.82, 2.24) is 0 Å². The molecule has 0 saturated carbocycles. The van der Waals surface area contributed by atoms with E-state index in [1.807, 2.05) is 20.8 Å². The number of rotatable bonds is 2. The largest absolute Gasteiger partial charge is 0.299 e. The third-order valence-corrected chi connectivity index (χ3v) is 2.61. The molecule has 0 aliphatic heterocycles. The van der Waals surface area contributed by atoms with Crippen LogP contribution in [-0.4, -0.2) is 5.78 Å². The second-order valence-corrected chi connectivity index (χ2v) is 4.96. The number of hydrogen-bond acceptors (Lipinski definition) is 1. The summed E-state index contributed by atoms with van der Waals surface area (Å²) in [6, 6.07) is 0. The van der Waals surface area contributed by atoms with Gasteiger partial charge in [0.15, 0.2) is 0 Å². The summed E-state index contributed by atoms with van der Waals surface area (Å²) in [6.45, 7) is 6.00. The summed E-state index contributed by atoms with van der Waals surface area (Å²) in [4.78, 5) is 11.7. The van der Waals surface area contributed by atoms with Crippen LogP contribution < -0.4 is 0 Å². The summed E-state index contributed by atoms with van der Waals surface area (Å²) in [5, 5.41) is 0. The molecule has 0 N–H and O–H groups in total. The minimum Gasteiger partial charge on any atom is -0.299 e. The fraction of sp³-hybridized carbons (Fsp3) is 0.750. The molecule has 0 heterocycles. The maximum absolute atomic E-state index is 11.7. The van der Waals surface area contributed by atoms with Gasteiger partial charge in [0.2, 0.25) is 0 Å². The molecule has 1 nitrogen and oxygen atoms in total. The smallest absolute Gasteiger partial charge is 0.142 e. The first-order valence-electron chi connectivity index (χ1n) is 5.21. The molecule has 0 aromatic rings. The van der Waals surface area contributed by atoms with E-state index in [1.165, 1.54) is 24.8 Å². The van der Waals surface area contributed by atoms with Crippen LogP contribution in [0.15, 0.2) is 11.6 Å². The Labute approximate surface area is 81.2 Å². The van der Waals surface area contributed by atoms with E-state index in [-0.39, 0.29) is 5.41 Å². The zero-order chi connectivity index (χ0) is 9.90. The number of carbonyl (C=O) groups is 1. The highest BCUT2D eigenvalue weighted by Crippen LogP contribution is 2.25. The molecule has 1 aliphatic rings. The van der Waals surface area contributed by atoms with E-state index in [9.17, 15) is 4.79 Å². The van der Waals surface area contributed by atoms with Gasteiger partial charge in [0.05, 0.1) is 0 Å². The van der Waals surface area contributed by atoms with E-state index in [0.717, 1.165) is 6.42 Å². The van der Waals surface area contributed by atoms with Crippen LogP contribution in [0.2, 0.25) is 0 Å². The van der Waals surface area contributed by atoms with Gasteiger partial charge in [-0.2, -0.15) is 0 Å². The minimum atomic E-state index is -0.168. The fourth-order valence-corrected chi connectivity index (χ4v) is 1.54. The van der Waals surface area contributed by atoms with Crippen molar-refractivity contribution in [2.45, 2.75) is 52.9 Å². The molecule has 13 heavy (non-hydrogen) atoms. The van der Waals surface area contributed by atoms with Gasteiger partial charge in [-0.05, 0) is 25.7 Å². The molecule has 1 aliphatic carbocycles. The lowest BCUT2D eigenvalue weighted by atomic mass is 9.85. The average Bonchev–Trinajstić information content (AvgIpc) is 2.04. The first-order valence-corrected chi connectivity index (χ1v) is 5.21. The lowest BCUT2D eigenvalue weighted by molar-refractivity contribution is -0.125. The molecule has 0 saturated heterocycles. The van der Waals surface area contributed by atoms with Crippen molar-refractivity contribution < 1.29 is 4.79 Å². The normalized spacial score (nSPS) is 18.2. The highest BCUT2D eigenvalue weighted by atomic mass is 16.1. The summed E-state index contributed by atoms with van der Waals surface area (Å²) < 4.78 is 0. The Morgan fingerprint density at radius 1 is 1.38 bits per heavy atom. The van der Waals surface area contributed by atoms with Gasteiger partial charge in [-0.3, -0.25) is 4.79 Å². The quantitative estimate of drug-likeness (QED) is 0.594. The van der Waals surface area contributed by atoms with Gasteiger partial charge in [0.25, 0.3) is 0 Å². The van der Waals surface area contributed by atoms with Crippen molar-refractivity contribution in [2.24, 2.45) is 5.41 Å². The highest BCUT2D eigenvalue weighted by molar-refractivity contribution is 5.85. The zero-order valence-electron chi connectivity index (χ0n) is 9.02. The second-order valence-electron chi connectivity index (χ2n) is 4.96. The van der Waals surface area contributed by atoms with E-state index in [4.69, 9.17) is 0 Å². The molecule has 1 rings (SSSR count). The van der Waals surface area contributed by atoms with Crippen LogP contribution in [0.1, 0.15) is 52.9 Å². The van der Waals surface area contributed by atoms with Gasteiger partial charge in [0, 0.05) is 11.8 Å². The Morgan fingerprint density at radius 3 is 2.54 bits per heavy atom. The molecule has 0 amide bonds. The van der Waals surface area contributed by atoms with Crippen LogP contribution in [-0.2, 0) is 4.79 Å². The average molecular weight is 180 g/mol. The van der Waals surface area contributed by atoms with E-state index in [1.54, 1.807) is 0 Å². The van der Waals surface area contributed by atoms with Crippen molar-refractivity contribution in [3.63, 3.8) is 0 Å². The molecule has 0 spiro atoms. The van der Waals surface area contributed by atoms with Crippen molar-refractivity contribution in [3.8, 4) is 0 Å². The summed E-state index contributed by atoms with van der Waals surface area (Å²) in [5.74, 6) is 0.376. The van der Waals surface area contributed by atoms with E-state index in [0.29, 0.717) is 12.2 Å². The minimum absolute atomic E-state index is 0.168. The van der Waals surface area contributed by atoms with Crippen LogP contribution in [0, 0.1) is 5.41 Å². The van der Waals surface area contributed by atoms with Gasteiger partial charge in [-0.25, -0.2) is 0 Å².